The fourth-order valence-electron chi connectivity index (χ4n) is 1.31. The Morgan fingerprint density at radius 1 is 1.50 bits per heavy atom. The Kier molecular flexibility index (Phi) is 2.82. The van der Waals surface area contributed by atoms with Crippen molar-refractivity contribution in [3.05, 3.63) is 29.5 Å². The predicted octanol–water partition coefficient (Wildman–Crippen LogP) is 1.57. The second kappa shape index (κ2) is 4.28. The van der Waals surface area contributed by atoms with E-state index in [-0.39, 0.29) is 0 Å². The third kappa shape index (κ3) is 1.74. The molecule has 6 heteroatoms. The van der Waals surface area contributed by atoms with Crippen LogP contribution in [0.2, 0.25) is 0 Å². The van der Waals surface area contributed by atoms with Crippen molar-refractivity contribution in [3.8, 4) is 11.3 Å². The Bertz CT molecular complexity index is 510. The Balaban J connectivity index is 2.55. The van der Waals surface area contributed by atoms with Crippen LogP contribution in [0.3, 0.4) is 0 Å². The largest absolute Gasteiger partial charge is 0.465 e. The number of nitrogen functional groups attached to an aromatic ring is 1. The number of thiophene rings is 1. The summed E-state index contributed by atoms with van der Waals surface area (Å²) in [7, 11) is 1.32. The molecule has 0 unspecified atom stereocenters. The Morgan fingerprint density at radius 3 is 2.94 bits per heavy atom. The van der Waals surface area contributed by atoms with Gasteiger partial charge in [0, 0.05) is 23.3 Å². The zero-order valence-corrected chi connectivity index (χ0v) is 9.32. The second-order valence-electron chi connectivity index (χ2n) is 2.97. The van der Waals surface area contributed by atoms with E-state index in [0.717, 1.165) is 0 Å². The van der Waals surface area contributed by atoms with Crippen LogP contribution >= 0.6 is 11.3 Å². The monoisotopic (exact) mass is 235 g/mol. The average molecular weight is 235 g/mol. The molecule has 2 aromatic heterocycles. The molecular weight excluding hydrogens is 226 g/mol. The fourth-order valence-corrected chi connectivity index (χ4v) is 2.11. The number of esters is 1. The summed E-state index contributed by atoms with van der Waals surface area (Å²) in [6.45, 7) is 0. The molecular formula is C10H9N3O2S. The van der Waals surface area contributed by atoms with E-state index in [1.807, 2.05) is 0 Å². The van der Waals surface area contributed by atoms with E-state index < -0.39 is 5.97 Å². The molecule has 5 nitrogen and oxygen atoms in total. The standard InChI is InChI=1S/C10H9N3O2S/c1-15-10(14)8-6(5-16-9(8)11)7-4-12-2-3-13-7/h2-5H,11H2,1H3. The predicted molar refractivity (Wildman–Crippen MR) is 61.1 cm³/mol. The average Bonchev–Trinajstić information content (AvgIpc) is 2.71. The molecule has 0 fully saturated rings. The van der Waals surface area contributed by atoms with Gasteiger partial charge in [0.2, 0.25) is 0 Å². The van der Waals surface area contributed by atoms with Gasteiger partial charge in [-0.1, -0.05) is 0 Å². The van der Waals surface area contributed by atoms with E-state index >= 15 is 0 Å². The second-order valence-corrected chi connectivity index (χ2v) is 3.88. The summed E-state index contributed by atoms with van der Waals surface area (Å²) < 4.78 is 4.68. The van der Waals surface area contributed by atoms with Crippen molar-refractivity contribution in [1.29, 1.82) is 0 Å². The molecule has 0 aliphatic heterocycles. The van der Waals surface area contributed by atoms with E-state index in [2.05, 4.69) is 14.7 Å². The lowest BCUT2D eigenvalue weighted by Crippen LogP contribution is -2.04. The van der Waals surface area contributed by atoms with Gasteiger partial charge in [0.1, 0.15) is 10.6 Å². The van der Waals surface area contributed by atoms with Crippen LogP contribution in [0.25, 0.3) is 11.3 Å². The first kappa shape index (κ1) is 10.6. The van der Waals surface area contributed by atoms with E-state index in [4.69, 9.17) is 5.73 Å². The van der Waals surface area contributed by atoms with Crippen molar-refractivity contribution >= 4 is 22.3 Å². The molecule has 0 atom stereocenters. The molecule has 0 amide bonds. The number of ether oxygens (including phenoxy) is 1. The number of hydrogen-bond acceptors (Lipinski definition) is 6. The van der Waals surface area contributed by atoms with Crippen LogP contribution < -0.4 is 5.73 Å². The highest BCUT2D eigenvalue weighted by Gasteiger charge is 2.19. The van der Waals surface area contributed by atoms with Gasteiger partial charge in [-0.15, -0.1) is 11.3 Å². The minimum Gasteiger partial charge on any atom is -0.465 e. The highest BCUT2D eigenvalue weighted by Crippen LogP contribution is 2.32. The smallest absolute Gasteiger partial charge is 0.341 e. The number of anilines is 1. The number of nitrogens with two attached hydrogens (primary N) is 1. The first-order valence-electron chi connectivity index (χ1n) is 4.45. The van der Waals surface area contributed by atoms with E-state index in [1.165, 1.54) is 18.4 Å². The summed E-state index contributed by atoms with van der Waals surface area (Å²) in [5.74, 6) is -0.459. The lowest BCUT2D eigenvalue weighted by atomic mass is 10.1. The zero-order valence-electron chi connectivity index (χ0n) is 8.51. The molecule has 0 bridgehead atoms. The van der Waals surface area contributed by atoms with Gasteiger partial charge < -0.3 is 10.5 Å². The van der Waals surface area contributed by atoms with Crippen molar-refractivity contribution in [2.45, 2.75) is 0 Å². The number of carbonyl (C=O) groups is 1. The minimum absolute atomic E-state index is 0.355. The number of carbonyl (C=O) groups excluding carboxylic acids is 1. The number of nitrogens with zero attached hydrogens (tertiary/aromatic N) is 2. The maximum Gasteiger partial charge on any atom is 0.341 e. The highest BCUT2D eigenvalue weighted by molar-refractivity contribution is 7.14. The Hall–Kier alpha value is -1.95. The van der Waals surface area contributed by atoms with Gasteiger partial charge in [0.15, 0.2) is 0 Å². The molecule has 2 N–H and O–H groups in total. The van der Waals surface area contributed by atoms with Crippen LogP contribution in [0.1, 0.15) is 10.4 Å². The number of aromatic nitrogens is 2. The number of methoxy groups -OCH3 is 1. The van der Waals surface area contributed by atoms with Crippen molar-refractivity contribution < 1.29 is 9.53 Å². The Labute approximate surface area is 95.9 Å². The lowest BCUT2D eigenvalue weighted by molar-refractivity contribution is 0.0603. The molecule has 0 aliphatic carbocycles. The Morgan fingerprint density at radius 2 is 2.31 bits per heavy atom. The van der Waals surface area contributed by atoms with Crippen molar-refractivity contribution in [1.82, 2.24) is 9.97 Å². The molecule has 0 saturated heterocycles. The summed E-state index contributed by atoms with van der Waals surface area (Å²) in [4.78, 5) is 19.6. The van der Waals surface area contributed by atoms with Gasteiger partial charge in [-0.2, -0.15) is 0 Å². The van der Waals surface area contributed by atoms with Crippen LogP contribution in [0.15, 0.2) is 24.0 Å². The third-order valence-corrected chi connectivity index (χ3v) is 2.86. The molecule has 0 spiro atoms. The van der Waals surface area contributed by atoms with Crippen molar-refractivity contribution in [3.63, 3.8) is 0 Å². The topological polar surface area (TPSA) is 78.1 Å². The highest BCUT2D eigenvalue weighted by atomic mass is 32.1. The first-order valence-corrected chi connectivity index (χ1v) is 5.33. The summed E-state index contributed by atoms with van der Waals surface area (Å²) in [5.41, 5.74) is 7.34. The summed E-state index contributed by atoms with van der Waals surface area (Å²) in [5, 5.41) is 2.19. The van der Waals surface area contributed by atoms with Gasteiger partial charge in [0.25, 0.3) is 0 Å². The molecule has 0 saturated carbocycles. The molecule has 0 radical (unpaired) electrons. The molecule has 16 heavy (non-hydrogen) atoms. The first-order chi connectivity index (χ1) is 7.74. The van der Waals surface area contributed by atoms with Crippen LogP contribution in [-0.4, -0.2) is 23.0 Å². The fraction of sp³-hybridized carbons (Fsp3) is 0.100. The van der Waals surface area contributed by atoms with Crippen molar-refractivity contribution in [2.24, 2.45) is 0 Å². The van der Waals surface area contributed by atoms with Crippen LogP contribution in [0.4, 0.5) is 5.00 Å². The number of hydrogen-bond donors (Lipinski definition) is 1. The van der Waals surface area contributed by atoms with E-state index in [9.17, 15) is 4.79 Å². The molecule has 2 heterocycles. The molecule has 0 aromatic carbocycles. The summed E-state index contributed by atoms with van der Waals surface area (Å²) >= 11 is 1.28. The van der Waals surface area contributed by atoms with Gasteiger partial charge in [-0.05, 0) is 0 Å². The van der Waals surface area contributed by atoms with Crippen LogP contribution in [0.5, 0.6) is 0 Å². The summed E-state index contributed by atoms with van der Waals surface area (Å²) in [6.07, 6.45) is 4.70. The number of rotatable bonds is 2. The SMILES string of the molecule is COC(=O)c1c(-c2cnccn2)csc1N. The van der Waals surface area contributed by atoms with Gasteiger partial charge in [-0.3, -0.25) is 9.97 Å². The molecule has 0 aliphatic rings. The normalized spacial score (nSPS) is 10.1. The molecule has 82 valence electrons. The maximum absolute atomic E-state index is 11.5. The van der Waals surface area contributed by atoms with E-state index in [0.29, 0.717) is 21.8 Å². The van der Waals surface area contributed by atoms with Crippen molar-refractivity contribution in [2.75, 3.05) is 12.8 Å². The zero-order chi connectivity index (χ0) is 11.5. The third-order valence-electron chi connectivity index (χ3n) is 2.05. The molecule has 2 rings (SSSR count). The lowest BCUT2D eigenvalue weighted by Gasteiger charge is -2.02. The maximum atomic E-state index is 11.5. The van der Waals surface area contributed by atoms with Gasteiger partial charge in [0.05, 0.1) is 19.0 Å². The van der Waals surface area contributed by atoms with Gasteiger partial charge in [-0.25, -0.2) is 4.79 Å². The quantitative estimate of drug-likeness (QED) is 0.799. The minimum atomic E-state index is -0.459. The van der Waals surface area contributed by atoms with Gasteiger partial charge >= 0.3 is 5.97 Å². The molecule has 2 aromatic rings. The summed E-state index contributed by atoms with van der Waals surface area (Å²) in [6, 6.07) is 0. The van der Waals surface area contributed by atoms with Crippen LogP contribution in [-0.2, 0) is 4.74 Å². The van der Waals surface area contributed by atoms with Crippen LogP contribution in [0, 0.1) is 0 Å². The van der Waals surface area contributed by atoms with E-state index in [1.54, 1.807) is 24.0 Å².